The van der Waals surface area contributed by atoms with Crippen LogP contribution in [-0.2, 0) is 11.3 Å². The van der Waals surface area contributed by atoms with Crippen molar-refractivity contribution >= 4 is 0 Å². The van der Waals surface area contributed by atoms with Gasteiger partial charge in [0.2, 0.25) is 0 Å². The monoisotopic (exact) mass is 239 g/mol. The van der Waals surface area contributed by atoms with Gasteiger partial charge in [0.05, 0.1) is 19.8 Å². The first kappa shape index (κ1) is 14.0. The number of hydrogen-bond acceptors (Lipinski definition) is 4. The number of benzene rings is 1. The van der Waals surface area contributed by atoms with Crippen molar-refractivity contribution in [1.82, 2.24) is 5.32 Å². The third kappa shape index (κ3) is 5.17. The van der Waals surface area contributed by atoms with Crippen molar-refractivity contribution in [3.05, 3.63) is 29.3 Å². The molecule has 1 aromatic carbocycles. The molecule has 0 unspecified atom stereocenters. The lowest BCUT2D eigenvalue weighted by Gasteiger charge is -2.12. The van der Waals surface area contributed by atoms with Crippen molar-refractivity contribution in [3.8, 4) is 5.75 Å². The number of aryl methyl sites for hydroxylation is 1. The van der Waals surface area contributed by atoms with Gasteiger partial charge in [-0.25, -0.2) is 0 Å². The molecule has 0 atom stereocenters. The second-order valence-electron chi connectivity index (χ2n) is 3.83. The fourth-order valence-electron chi connectivity index (χ4n) is 1.55. The molecule has 0 aliphatic heterocycles. The van der Waals surface area contributed by atoms with Crippen LogP contribution in [0.5, 0.6) is 5.75 Å². The van der Waals surface area contributed by atoms with Gasteiger partial charge in [0.15, 0.2) is 0 Å². The van der Waals surface area contributed by atoms with Gasteiger partial charge in [0.1, 0.15) is 12.4 Å². The van der Waals surface area contributed by atoms with Gasteiger partial charge >= 0.3 is 0 Å². The van der Waals surface area contributed by atoms with E-state index in [0.29, 0.717) is 19.8 Å². The molecule has 0 fully saturated rings. The van der Waals surface area contributed by atoms with Crippen LogP contribution in [0, 0.1) is 6.92 Å². The van der Waals surface area contributed by atoms with Gasteiger partial charge in [-0.15, -0.1) is 0 Å². The molecule has 0 amide bonds. The predicted molar refractivity (Wildman–Crippen MR) is 67.3 cm³/mol. The highest BCUT2D eigenvalue weighted by Crippen LogP contribution is 2.19. The minimum atomic E-state index is 0.0511. The van der Waals surface area contributed by atoms with E-state index in [-0.39, 0.29) is 6.61 Å². The third-order valence-electron chi connectivity index (χ3n) is 2.30. The molecule has 1 rings (SSSR count). The molecule has 0 aliphatic rings. The van der Waals surface area contributed by atoms with Crippen molar-refractivity contribution in [2.45, 2.75) is 13.5 Å². The van der Waals surface area contributed by atoms with Crippen LogP contribution in [0.2, 0.25) is 0 Å². The molecule has 96 valence electrons. The quantitative estimate of drug-likeness (QED) is 0.667. The first-order valence-electron chi connectivity index (χ1n) is 5.83. The van der Waals surface area contributed by atoms with Gasteiger partial charge in [-0.1, -0.05) is 17.7 Å². The van der Waals surface area contributed by atoms with Gasteiger partial charge < -0.3 is 19.9 Å². The molecule has 0 aromatic heterocycles. The summed E-state index contributed by atoms with van der Waals surface area (Å²) < 4.78 is 10.8. The van der Waals surface area contributed by atoms with Crippen molar-refractivity contribution in [2.24, 2.45) is 0 Å². The lowest BCUT2D eigenvalue weighted by atomic mass is 10.1. The smallest absolute Gasteiger partial charge is 0.123 e. The van der Waals surface area contributed by atoms with Gasteiger partial charge in [-0.05, 0) is 20.0 Å². The molecule has 0 heterocycles. The zero-order chi connectivity index (χ0) is 12.5. The molecule has 0 aliphatic carbocycles. The van der Waals surface area contributed by atoms with Crippen molar-refractivity contribution in [1.29, 1.82) is 0 Å². The predicted octanol–water partition coefficient (Wildman–Crippen LogP) is 1.10. The number of nitrogens with one attached hydrogen (secondary N) is 1. The van der Waals surface area contributed by atoms with E-state index in [9.17, 15) is 0 Å². The maximum absolute atomic E-state index is 8.55. The third-order valence-corrected chi connectivity index (χ3v) is 2.30. The molecule has 0 saturated heterocycles. The minimum absolute atomic E-state index is 0.0511. The van der Waals surface area contributed by atoms with Crippen molar-refractivity contribution in [2.75, 3.05) is 33.5 Å². The molecular formula is C13H21NO3. The van der Waals surface area contributed by atoms with E-state index in [0.717, 1.165) is 17.9 Å². The summed E-state index contributed by atoms with van der Waals surface area (Å²) in [6, 6.07) is 6.12. The number of aliphatic hydroxyl groups is 1. The number of rotatable bonds is 8. The van der Waals surface area contributed by atoms with E-state index in [1.807, 2.05) is 19.2 Å². The minimum Gasteiger partial charge on any atom is -0.491 e. The Morgan fingerprint density at radius 3 is 2.76 bits per heavy atom. The summed E-state index contributed by atoms with van der Waals surface area (Å²) >= 11 is 0. The lowest BCUT2D eigenvalue weighted by Crippen LogP contribution is -2.12. The molecule has 4 heteroatoms. The van der Waals surface area contributed by atoms with E-state index in [4.69, 9.17) is 14.6 Å². The topological polar surface area (TPSA) is 50.7 Å². The van der Waals surface area contributed by atoms with Crippen LogP contribution >= 0.6 is 0 Å². The molecular weight excluding hydrogens is 218 g/mol. The average Bonchev–Trinajstić information content (AvgIpc) is 2.32. The SMILES string of the molecule is CNCc1cc(C)ccc1OCCOCCO. The molecule has 2 N–H and O–H groups in total. The summed E-state index contributed by atoms with van der Waals surface area (Å²) in [5, 5.41) is 11.7. The van der Waals surface area contributed by atoms with Crippen molar-refractivity contribution in [3.63, 3.8) is 0 Å². The Hall–Kier alpha value is -1.10. The van der Waals surface area contributed by atoms with E-state index < -0.39 is 0 Å². The van der Waals surface area contributed by atoms with Gasteiger partial charge in [-0.3, -0.25) is 0 Å². The Labute approximate surface area is 103 Å². The first-order valence-corrected chi connectivity index (χ1v) is 5.83. The van der Waals surface area contributed by atoms with E-state index in [1.54, 1.807) is 0 Å². The summed E-state index contributed by atoms with van der Waals surface area (Å²) in [6.45, 7) is 4.26. The zero-order valence-electron chi connectivity index (χ0n) is 10.5. The molecule has 0 spiro atoms. The van der Waals surface area contributed by atoms with Crippen LogP contribution < -0.4 is 10.1 Å². The Morgan fingerprint density at radius 1 is 1.24 bits per heavy atom. The highest BCUT2D eigenvalue weighted by molar-refractivity contribution is 5.36. The Morgan fingerprint density at radius 2 is 2.06 bits per heavy atom. The Balaban J connectivity index is 2.45. The molecule has 0 bridgehead atoms. The lowest BCUT2D eigenvalue weighted by molar-refractivity contribution is 0.0703. The van der Waals surface area contributed by atoms with Gasteiger partial charge in [0.25, 0.3) is 0 Å². The second kappa shape index (κ2) is 8.06. The van der Waals surface area contributed by atoms with Crippen LogP contribution in [0.1, 0.15) is 11.1 Å². The maximum Gasteiger partial charge on any atom is 0.123 e. The molecule has 0 radical (unpaired) electrons. The first-order chi connectivity index (χ1) is 8.27. The summed E-state index contributed by atoms with van der Waals surface area (Å²) in [7, 11) is 1.91. The standard InChI is InChI=1S/C13H21NO3/c1-11-3-4-13(12(9-11)10-14-2)17-8-7-16-6-5-15/h3-4,9,14-15H,5-8,10H2,1-2H3. The van der Waals surface area contributed by atoms with Crippen LogP contribution in [0.4, 0.5) is 0 Å². The van der Waals surface area contributed by atoms with Crippen LogP contribution in [0.15, 0.2) is 18.2 Å². The second-order valence-corrected chi connectivity index (χ2v) is 3.83. The number of aliphatic hydroxyl groups excluding tert-OH is 1. The van der Waals surface area contributed by atoms with Crippen LogP contribution in [0.25, 0.3) is 0 Å². The normalized spacial score (nSPS) is 10.5. The van der Waals surface area contributed by atoms with Crippen molar-refractivity contribution < 1.29 is 14.6 Å². The van der Waals surface area contributed by atoms with E-state index >= 15 is 0 Å². The van der Waals surface area contributed by atoms with Crippen LogP contribution in [-0.4, -0.2) is 38.6 Å². The summed E-state index contributed by atoms with van der Waals surface area (Å²) in [6.07, 6.45) is 0. The summed E-state index contributed by atoms with van der Waals surface area (Å²) in [5.74, 6) is 0.887. The molecule has 4 nitrogen and oxygen atoms in total. The fraction of sp³-hybridized carbons (Fsp3) is 0.538. The summed E-state index contributed by atoms with van der Waals surface area (Å²) in [4.78, 5) is 0. The fourth-order valence-corrected chi connectivity index (χ4v) is 1.55. The highest BCUT2D eigenvalue weighted by atomic mass is 16.5. The number of ether oxygens (including phenoxy) is 2. The Kier molecular flexibility index (Phi) is 6.62. The average molecular weight is 239 g/mol. The van der Waals surface area contributed by atoms with E-state index in [2.05, 4.69) is 18.3 Å². The van der Waals surface area contributed by atoms with Gasteiger partial charge in [-0.2, -0.15) is 0 Å². The number of hydrogen-bond donors (Lipinski definition) is 2. The van der Waals surface area contributed by atoms with Gasteiger partial charge in [0, 0.05) is 12.1 Å². The molecule has 1 aromatic rings. The highest BCUT2D eigenvalue weighted by Gasteiger charge is 2.03. The zero-order valence-corrected chi connectivity index (χ0v) is 10.5. The largest absolute Gasteiger partial charge is 0.491 e. The Bertz CT molecular complexity index is 328. The molecule has 17 heavy (non-hydrogen) atoms. The molecule has 0 saturated carbocycles. The summed E-state index contributed by atoms with van der Waals surface area (Å²) in [5.41, 5.74) is 2.37. The van der Waals surface area contributed by atoms with Crippen LogP contribution in [0.3, 0.4) is 0 Å². The van der Waals surface area contributed by atoms with E-state index in [1.165, 1.54) is 5.56 Å². The maximum atomic E-state index is 8.55.